The van der Waals surface area contributed by atoms with E-state index in [9.17, 15) is 4.79 Å². The Morgan fingerprint density at radius 3 is 2.37 bits per heavy atom. The van der Waals surface area contributed by atoms with Gasteiger partial charge in [-0.25, -0.2) is 4.98 Å². The maximum atomic E-state index is 12.7. The van der Waals surface area contributed by atoms with Gasteiger partial charge in [0.2, 0.25) is 5.91 Å². The molecule has 0 bridgehead atoms. The van der Waals surface area contributed by atoms with E-state index in [1.54, 1.807) is 18.6 Å². The second-order valence-corrected chi connectivity index (χ2v) is 7.79. The number of hydrogen-bond donors (Lipinski definition) is 1. The average molecular weight is 364 g/mol. The number of rotatable bonds is 4. The van der Waals surface area contributed by atoms with Crippen LogP contribution in [0.25, 0.3) is 0 Å². The third kappa shape index (κ3) is 4.46. The van der Waals surface area contributed by atoms with Crippen molar-refractivity contribution < 1.29 is 4.79 Å². The van der Waals surface area contributed by atoms with Crippen molar-refractivity contribution in [3.8, 4) is 0 Å². The van der Waals surface area contributed by atoms with Crippen LogP contribution in [0.5, 0.6) is 0 Å². The molecule has 4 rings (SSSR count). The summed E-state index contributed by atoms with van der Waals surface area (Å²) >= 11 is 0. The van der Waals surface area contributed by atoms with E-state index >= 15 is 0 Å². The van der Waals surface area contributed by atoms with Crippen LogP contribution in [0, 0.1) is 5.92 Å². The molecule has 0 unspecified atom stereocenters. The summed E-state index contributed by atoms with van der Waals surface area (Å²) in [4.78, 5) is 23.4. The van der Waals surface area contributed by atoms with Crippen molar-refractivity contribution in [1.82, 2.24) is 15.3 Å². The predicted molar refractivity (Wildman–Crippen MR) is 107 cm³/mol. The number of piperidine rings is 1. The van der Waals surface area contributed by atoms with Crippen molar-refractivity contribution in [1.29, 1.82) is 0 Å². The van der Waals surface area contributed by atoms with Crippen LogP contribution < -0.4 is 10.2 Å². The SMILES string of the molecule is O=C(NC1CCC(c2ccccc2)CC1)C1CCN(c2cnccn2)CC1. The zero-order valence-electron chi connectivity index (χ0n) is 15.8. The zero-order valence-corrected chi connectivity index (χ0v) is 15.8. The minimum atomic E-state index is 0.129. The Morgan fingerprint density at radius 1 is 0.963 bits per heavy atom. The number of aromatic nitrogens is 2. The van der Waals surface area contributed by atoms with Gasteiger partial charge >= 0.3 is 0 Å². The topological polar surface area (TPSA) is 58.1 Å². The highest BCUT2D eigenvalue weighted by Crippen LogP contribution is 2.33. The Bertz CT molecular complexity index is 720. The molecule has 2 heterocycles. The first-order valence-corrected chi connectivity index (χ1v) is 10.2. The first kappa shape index (κ1) is 18.0. The van der Waals surface area contributed by atoms with Crippen molar-refractivity contribution in [3.63, 3.8) is 0 Å². The molecule has 142 valence electrons. The number of nitrogens with one attached hydrogen (secondary N) is 1. The maximum absolute atomic E-state index is 12.7. The lowest BCUT2D eigenvalue weighted by atomic mass is 9.81. The second kappa shape index (κ2) is 8.51. The fraction of sp³-hybridized carbons (Fsp3) is 0.500. The zero-order chi connectivity index (χ0) is 18.5. The number of nitrogens with zero attached hydrogens (tertiary/aromatic N) is 3. The highest BCUT2D eigenvalue weighted by molar-refractivity contribution is 5.79. The Balaban J connectivity index is 1.22. The lowest BCUT2D eigenvalue weighted by Gasteiger charge is -2.34. The molecule has 1 saturated carbocycles. The van der Waals surface area contributed by atoms with Crippen LogP contribution in [-0.4, -0.2) is 35.0 Å². The molecule has 2 fully saturated rings. The Hall–Kier alpha value is -2.43. The van der Waals surface area contributed by atoms with E-state index in [2.05, 4.69) is 50.5 Å². The average Bonchev–Trinajstić information content (AvgIpc) is 2.76. The maximum Gasteiger partial charge on any atom is 0.223 e. The summed E-state index contributed by atoms with van der Waals surface area (Å²) in [5.74, 6) is 1.94. The molecular formula is C22H28N4O. The summed E-state index contributed by atoms with van der Waals surface area (Å²) in [6.45, 7) is 1.75. The van der Waals surface area contributed by atoms with Crippen molar-refractivity contribution >= 4 is 11.7 Å². The van der Waals surface area contributed by atoms with E-state index in [4.69, 9.17) is 0 Å². The van der Waals surface area contributed by atoms with Crippen LogP contribution in [0.15, 0.2) is 48.9 Å². The summed E-state index contributed by atoms with van der Waals surface area (Å²) in [7, 11) is 0. The number of anilines is 1. The molecular weight excluding hydrogens is 336 g/mol. The highest BCUT2D eigenvalue weighted by Gasteiger charge is 2.29. The van der Waals surface area contributed by atoms with Gasteiger partial charge < -0.3 is 10.2 Å². The van der Waals surface area contributed by atoms with Crippen molar-refractivity contribution in [2.45, 2.75) is 50.5 Å². The number of hydrogen-bond acceptors (Lipinski definition) is 4. The fourth-order valence-corrected chi connectivity index (χ4v) is 4.44. The molecule has 5 nitrogen and oxygen atoms in total. The molecule has 0 spiro atoms. The molecule has 1 aromatic heterocycles. The van der Waals surface area contributed by atoms with Gasteiger partial charge in [-0.1, -0.05) is 30.3 Å². The molecule has 0 radical (unpaired) electrons. The number of benzene rings is 1. The molecule has 2 aromatic rings. The predicted octanol–water partition coefficient (Wildman–Crippen LogP) is 3.54. The lowest BCUT2D eigenvalue weighted by molar-refractivity contribution is -0.126. The van der Waals surface area contributed by atoms with Crippen molar-refractivity contribution in [3.05, 3.63) is 54.5 Å². The Labute approximate surface area is 161 Å². The van der Waals surface area contributed by atoms with Gasteiger partial charge in [-0.2, -0.15) is 0 Å². The first-order chi connectivity index (χ1) is 13.3. The number of amides is 1. The largest absolute Gasteiger partial charge is 0.355 e. The molecule has 5 heteroatoms. The van der Waals surface area contributed by atoms with Crippen molar-refractivity contribution in [2.24, 2.45) is 5.92 Å². The van der Waals surface area contributed by atoms with Crippen LogP contribution in [-0.2, 0) is 4.79 Å². The van der Waals surface area contributed by atoms with Gasteiger partial charge in [-0.05, 0) is 50.0 Å². The molecule has 1 N–H and O–H groups in total. The van der Waals surface area contributed by atoms with Gasteiger partial charge in [0, 0.05) is 37.4 Å². The summed E-state index contributed by atoms with van der Waals surface area (Å²) in [6.07, 6.45) is 11.5. The highest BCUT2D eigenvalue weighted by atomic mass is 16.1. The quantitative estimate of drug-likeness (QED) is 0.902. The van der Waals surface area contributed by atoms with Crippen LogP contribution in [0.1, 0.15) is 50.0 Å². The van der Waals surface area contributed by atoms with Crippen LogP contribution in [0.4, 0.5) is 5.82 Å². The second-order valence-electron chi connectivity index (χ2n) is 7.79. The summed E-state index contributed by atoms with van der Waals surface area (Å²) in [5.41, 5.74) is 1.44. The van der Waals surface area contributed by atoms with Gasteiger partial charge in [0.1, 0.15) is 5.82 Å². The molecule has 2 aliphatic rings. The molecule has 1 amide bonds. The Morgan fingerprint density at radius 2 is 1.70 bits per heavy atom. The monoisotopic (exact) mass is 364 g/mol. The molecule has 27 heavy (non-hydrogen) atoms. The van der Waals surface area contributed by atoms with Gasteiger partial charge in [0.05, 0.1) is 6.20 Å². The van der Waals surface area contributed by atoms with E-state index in [1.165, 1.54) is 18.4 Å². The van der Waals surface area contributed by atoms with Crippen LogP contribution >= 0.6 is 0 Å². The van der Waals surface area contributed by atoms with Gasteiger partial charge in [-0.15, -0.1) is 0 Å². The van der Waals surface area contributed by atoms with Gasteiger partial charge in [0.15, 0.2) is 0 Å². The molecule has 0 atom stereocenters. The van der Waals surface area contributed by atoms with Gasteiger partial charge in [0.25, 0.3) is 0 Å². The third-order valence-corrected chi connectivity index (χ3v) is 6.08. The number of carbonyl (C=O) groups is 1. The fourth-order valence-electron chi connectivity index (χ4n) is 4.44. The summed E-state index contributed by atoms with van der Waals surface area (Å²) in [6, 6.07) is 11.1. The van der Waals surface area contributed by atoms with Crippen LogP contribution in [0.2, 0.25) is 0 Å². The smallest absolute Gasteiger partial charge is 0.223 e. The minimum Gasteiger partial charge on any atom is -0.355 e. The van der Waals surface area contributed by atoms with E-state index in [0.717, 1.165) is 44.6 Å². The van der Waals surface area contributed by atoms with E-state index < -0.39 is 0 Å². The van der Waals surface area contributed by atoms with E-state index in [1.807, 2.05) is 0 Å². The third-order valence-electron chi connectivity index (χ3n) is 6.08. The normalized spacial score (nSPS) is 23.8. The summed E-state index contributed by atoms with van der Waals surface area (Å²) in [5, 5.41) is 3.33. The van der Waals surface area contributed by atoms with E-state index in [-0.39, 0.29) is 11.8 Å². The van der Waals surface area contributed by atoms with Crippen molar-refractivity contribution in [2.75, 3.05) is 18.0 Å². The summed E-state index contributed by atoms with van der Waals surface area (Å²) < 4.78 is 0. The number of carbonyl (C=O) groups excluding carboxylic acids is 1. The molecule has 1 aromatic carbocycles. The van der Waals surface area contributed by atoms with E-state index in [0.29, 0.717) is 12.0 Å². The standard InChI is InChI=1S/C22H28N4O/c27-22(19-10-14-26(15-11-19)21-16-23-12-13-24-21)25-20-8-6-18(7-9-20)17-4-2-1-3-5-17/h1-5,12-13,16,18-20H,6-11,14-15H2,(H,25,27). The molecule has 1 saturated heterocycles. The first-order valence-electron chi connectivity index (χ1n) is 10.2. The minimum absolute atomic E-state index is 0.129. The molecule has 1 aliphatic heterocycles. The lowest BCUT2D eigenvalue weighted by Crippen LogP contribution is -2.45. The van der Waals surface area contributed by atoms with Gasteiger partial charge in [-0.3, -0.25) is 9.78 Å². The Kier molecular flexibility index (Phi) is 5.66. The van der Waals surface area contributed by atoms with Crippen LogP contribution in [0.3, 0.4) is 0 Å². The molecule has 1 aliphatic carbocycles.